The summed E-state index contributed by atoms with van der Waals surface area (Å²) in [6.07, 6.45) is 1.77. The summed E-state index contributed by atoms with van der Waals surface area (Å²) in [5, 5.41) is 6.39. The van der Waals surface area contributed by atoms with Crippen molar-refractivity contribution < 1.29 is 9.18 Å². The number of rotatable bonds is 4. The maximum atomic E-state index is 13.3. The van der Waals surface area contributed by atoms with E-state index in [9.17, 15) is 9.18 Å². The first-order valence-electron chi connectivity index (χ1n) is 7.65. The highest BCUT2D eigenvalue weighted by Gasteiger charge is 2.27. The zero-order valence-corrected chi connectivity index (χ0v) is 13.1. The number of nitrogens with one attached hydrogen (secondary N) is 2. The van der Waals surface area contributed by atoms with Crippen molar-refractivity contribution in [2.24, 2.45) is 5.92 Å². The number of carbonyl (C=O) groups excluding carboxylic acids is 1. The maximum Gasteiger partial charge on any atom is 0.223 e. The Morgan fingerprint density at radius 3 is 2.90 bits per heavy atom. The molecule has 0 aliphatic carbocycles. The Morgan fingerprint density at radius 1 is 1.48 bits per heavy atom. The lowest BCUT2D eigenvalue weighted by molar-refractivity contribution is -0.126. The minimum Gasteiger partial charge on any atom is -0.355 e. The standard InChI is InChI=1S/C17H25FN2O/c1-12-9-13(7-8-19-12)16(21)20-11-17(2,3)14-5-4-6-15(18)10-14/h4-6,10,12-13,19H,7-9,11H2,1-3H3,(H,20,21)/t12-,13-/m0/s1. The van der Waals surface area contributed by atoms with E-state index in [4.69, 9.17) is 0 Å². The number of piperidine rings is 1. The third-order valence-corrected chi connectivity index (χ3v) is 4.31. The largest absolute Gasteiger partial charge is 0.355 e. The second kappa shape index (κ2) is 6.56. The highest BCUT2D eigenvalue weighted by atomic mass is 19.1. The van der Waals surface area contributed by atoms with E-state index in [0.717, 1.165) is 24.9 Å². The van der Waals surface area contributed by atoms with Crippen LogP contribution in [0.2, 0.25) is 0 Å². The summed E-state index contributed by atoms with van der Waals surface area (Å²) in [6, 6.07) is 6.99. The fraction of sp³-hybridized carbons (Fsp3) is 0.588. The molecule has 1 heterocycles. The molecule has 21 heavy (non-hydrogen) atoms. The van der Waals surface area contributed by atoms with Crippen LogP contribution in [0.1, 0.15) is 39.2 Å². The number of benzene rings is 1. The minimum atomic E-state index is -0.281. The van der Waals surface area contributed by atoms with Crippen LogP contribution in [-0.2, 0) is 10.2 Å². The van der Waals surface area contributed by atoms with Crippen LogP contribution in [0.5, 0.6) is 0 Å². The molecule has 0 radical (unpaired) electrons. The van der Waals surface area contributed by atoms with Gasteiger partial charge < -0.3 is 10.6 Å². The third kappa shape index (κ3) is 4.27. The molecule has 0 spiro atoms. The molecular weight excluding hydrogens is 267 g/mol. The minimum absolute atomic E-state index is 0.0876. The van der Waals surface area contributed by atoms with Crippen molar-refractivity contribution >= 4 is 5.91 Å². The van der Waals surface area contributed by atoms with Crippen LogP contribution in [0.3, 0.4) is 0 Å². The van der Waals surface area contributed by atoms with Crippen molar-refractivity contribution in [1.29, 1.82) is 0 Å². The zero-order chi connectivity index (χ0) is 15.5. The Bertz CT molecular complexity index is 501. The molecule has 2 rings (SSSR count). The molecule has 0 aromatic heterocycles. The summed E-state index contributed by atoms with van der Waals surface area (Å²) < 4.78 is 13.3. The third-order valence-electron chi connectivity index (χ3n) is 4.31. The van der Waals surface area contributed by atoms with Gasteiger partial charge in [-0.3, -0.25) is 4.79 Å². The van der Waals surface area contributed by atoms with Crippen LogP contribution < -0.4 is 10.6 Å². The van der Waals surface area contributed by atoms with Crippen LogP contribution in [0.25, 0.3) is 0 Å². The summed E-state index contributed by atoms with van der Waals surface area (Å²) in [6.45, 7) is 7.57. The summed E-state index contributed by atoms with van der Waals surface area (Å²) in [5.41, 5.74) is 0.623. The summed E-state index contributed by atoms with van der Waals surface area (Å²) >= 11 is 0. The van der Waals surface area contributed by atoms with Gasteiger partial charge in [0.1, 0.15) is 5.82 Å². The average molecular weight is 292 g/mol. The molecule has 2 N–H and O–H groups in total. The Kier molecular flexibility index (Phi) is 4.99. The molecule has 1 aromatic carbocycles. The molecule has 116 valence electrons. The number of carbonyl (C=O) groups is 1. The van der Waals surface area contributed by atoms with Crippen molar-refractivity contribution in [2.45, 2.75) is 45.1 Å². The van der Waals surface area contributed by atoms with E-state index in [1.54, 1.807) is 12.1 Å². The molecule has 0 unspecified atom stereocenters. The van der Waals surface area contributed by atoms with Gasteiger partial charge in [0.2, 0.25) is 5.91 Å². The molecule has 1 aliphatic rings. The van der Waals surface area contributed by atoms with Gasteiger partial charge in [-0.1, -0.05) is 26.0 Å². The second-order valence-corrected chi connectivity index (χ2v) is 6.69. The van der Waals surface area contributed by atoms with Crippen molar-refractivity contribution in [3.05, 3.63) is 35.6 Å². The summed E-state index contributed by atoms with van der Waals surface area (Å²) in [7, 11) is 0. The number of hydrogen-bond donors (Lipinski definition) is 2. The van der Waals surface area contributed by atoms with Crippen molar-refractivity contribution in [1.82, 2.24) is 10.6 Å². The van der Waals surface area contributed by atoms with Gasteiger partial charge in [0.15, 0.2) is 0 Å². The van der Waals surface area contributed by atoms with Gasteiger partial charge in [0.25, 0.3) is 0 Å². The Balaban J connectivity index is 1.93. The van der Waals surface area contributed by atoms with E-state index in [-0.39, 0.29) is 23.1 Å². The Hall–Kier alpha value is -1.42. The van der Waals surface area contributed by atoms with Crippen LogP contribution >= 0.6 is 0 Å². The van der Waals surface area contributed by atoms with Crippen molar-refractivity contribution in [2.75, 3.05) is 13.1 Å². The lowest BCUT2D eigenvalue weighted by atomic mass is 9.84. The zero-order valence-electron chi connectivity index (χ0n) is 13.1. The summed E-state index contributed by atoms with van der Waals surface area (Å²) in [4.78, 5) is 12.3. The van der Waals surface area contributed by atoms with Gasteiger partial charge in [-0.2, -0.15) is 0 Å². The number of hydrogen-bond acceptors (Lipinski definition) is 2. The van der Waals surface area contributed by atoms with Crippen LogP contribution in [0.4, 0.5) is 4.39 Å². The lowest BCUT2D eigenvalue weighted by Crippen LogP contribution is -2.45. The van der Waals surface area contributed by atoms with E-state index >= 15 is 0 Å². The van der Waals surface area contributed by atoms with Gasteiger partial charge in [-0.05, 0) is 44.0 Å². The second-order valence-electron chi connectivity index (χ2n) is 6.69. The van der Waals surface area contributed by atoms with E-state index < -0.39 is 0 Å². The van der Waals surface area contributed by atoms with Gasteiger partial charge >= 0.3 is 0 Å². The first-order chi connectivity index (χ1) is 9.88. The fourth-order valence-electron chi connectivity index (χ4n) is 2.83. The average Bonchev–Trinajstić information content (AvgIpc) is 2.45. The first-order valence-corrected chi connectivity index (χ1v) is 7.65. The van der Waals surface area contributed by atoms with Gasteiger partial charge in [-0.15, -0.1) is 0 Å². The molecule has 1 aliphatic heterocycles. The van der Waals surface area contributed by atoms with Crippen molar-refractivity contribution in [3.8, 4) is 0 Å². The predicted molar refractivity (Wildman–Crippen MR) is 82.6 cm³/mol. The molecule has 2 atom stereocenters. The molecular formula is C17H25FN2O. The quantitative estimate of drug-likeness (QED) is 0.895. The topological polar surface area (TPSA) is 41.1 Å². The van der Waals surface area contributed by atoms with E-state index in [1.165, 1.54) is 6.07 Å². The highest BCUT2D eigenvalue weighted by Crippen LogP contribution is 2.23. The van der Waals surface area contributed by atoms with E-state index in [2.05, 4.69) is 17.6 Å². The van der Waals surface area contributed by atoms with Crippen molar-refractivity contribution in [3.63, 3.8) is 0 Å². The highest BCUT2D eigenvalue weighted by molar-refractivity contribution is 5.78. The monoisotopic (exact) mass is 292 g/mol. The molecule has 1 saturated heterocycles. The fourth-order valence-corrected chi connectivity index (χ4v) is 2.83. The normalized spacial score (nSPS) is 22.9. The van der Waals surface area contributed by atoms with E-state index in [0.29, 0.717) is 12.6 Å². The molecule has 1 aromatic rings. The van der Waals surface area contributed by atoms with Crippen LogP contribution in [-0.4, -0.2) is 25.0 Å². The lowest BCUT2D eigenvalue weighted by Gasteiger charge is -2.30. The smallest absolute Gasteiger partial charge is 0.223 e. The molecule has 1 fully saturated rings. The maximum absolute atomic E-state index is 13.3. The van der Waals surface area contributed by atoms with Crippen LogP contribution in [0.15, 0.2) is 24.3 Å². The van der Waals surface area contributed by atoms with Gasteiger partial charge in [-0.25, -0.2) is 4.39 Å². The van der Waals surface area contributed by atoms with Crippen LogP contribution in [0, 0.1) is 11.7 Å². The molecule has 3 nitrogen and oxygen atoms in total. The molecule has 0 bridgehead atoms. The Morgan fingerprint density at radius 2 is 2.24 bits per heavy atom. The van der Waals surface area contributed by atoms with E-state index in [1.807, 2.05) is 19.9 Å². The number of amides is 1. The Labute approximate surface area is 126 Å². The van der Waals surface area contributed by atoms with Gasteiger partial charge in [0.05, 0.1) is 0 Å². The molecule has 1 amide bonds. The molecule has 0 saturated carbocycles. The van der Waals surface area contributed by atoms with Gasteiger partial charge in [0, 0.05) is 23.9 Å². The first kappa shape index (κ1) is 16.0. The molecule has 4 heteroatoms. The SMILES string of the molecule is C[C@H]1C[C@@H](C(=O)NCC(C)(C)c2cccc(F)c2)CCN1. The number of halogens is 1. The predicted octanol–water partition coefficient (Wildman–Crippen LogP) is 2.61. The summed E-state index contributed by atoms with van der Waals surface area (Å²) in [5.74, 6) is -0.0310.